The summed E-state index contributed by atoms with van der Waals surface area (Å²) in [6.07, 6.45) is 0.746. The Bertz CT molecular complexity index is 577. The van der Waals surface area contributed by atoms with E-state index in [0.717, 1.165) is 17.8 Å². The van der Waals surface area contributed by atoms with Gasteiger partial charge in [-0.15, -0.1) is 0 Å². The zero-order valence-electron chi connectivity index (χ0n) is 12.6. The van der Waals surface area contributed by atoms with Crippen LogP contribution in [0.4, 0.5) is 0 Å². The second-order valence-corrected chi connectivity index (χ2v) is 8.53. The highest BCUT2D eigenvalue weighted by Crippen LogP contribution is 2.17. The highest BCUT2D eigenvalue weighted by atomic mass is 32.2. The van der Waals surface area contributed by atoms with Gasteiger partial charge in [0.15, 0.2) is 4.21 Å². The number of likely N-dealkylation sites (N-methyl/N-ethyl adjacent to an activating group) is 1. The van der Waals surface area contributed by atoms with Crippen molar-refractivity contribution < 1.29 is 8.42 Å². The molecule has 116 valence electrons. The van der Waals surface area contributed by atoms with Gasteiger partial charge in [-0.2, -0.15) is 0 Å². The van der Waals surface area contributed by atoms with Gasteiger partial charge < -0.3 is 9.88 Å². The summed E-state index contributed by atoms with van der Waals surface area (Å²) in [5.41, 5.74) is 0.389. The van der Waals surface area contributed by atoms with E-state index in [1.807, 2.05) is 19.0 Å². The van der Waals surface area contributed by atoms with Crippen LogP contribution in [0.25, 0.3) is 0 Å². The molecule has 0 aromatic carbocycles. The van der Waals surface area contributed by atoms with Gasteiger partial charge in [0.05, 0.1) is 0 Å². The Hall–Kier alpha value is -0.700. The molecule has 0 spiro atoms. The van der Waals surface area contributed by atoms with E-state index < -0.39 is 10.0 Å². The molecule has 0 aliphatic rings. The van der Waals surface area contributed by atoms with Gasteiger partial charge in [-0.05, 0) is 33.4 Å². The standard InChI is InChI=1S/C12H23N3O3S2/c1-8(2)6-10(7-15(4)5)14-20(17,18)11-9(3)13-12(16)19-11/h8,10,14H,6-7H2,1-5H3,(H,13,16). The Morgan fingerprint density at radius 3 is 2.35 bits per heavy atom. The van der Waals surface area contributed by atoms with E-state index in [1.165, 1.54) is 0 Å². The number of thiazole rings is 1. The molecular weight excluding hydrogens is 298 g/mol. The lowest BCUT2D eigenvalue weighted by molar-refractivity contribution is 0.329. The minimum Gasteiger partial charge on any atom is -0.315 e. The molecule has 20 heavy (non-hydrogen) atoms. The van der Waals surface area contributed by atoms with E-state index in [0.29, 0.717) is 18.2 Å². The summed E-state index contributed by atoms with van der Waals surface area (Å²) in [6, 6.07) is -0.174. The fourth-order valence-corrected chi connectivity index (χ4v) is 4.65. The number of hydrogen-bond acceptors (Lipinski definition) is 5. The SMILES string of the molecule is Cc1[nH]c(=O)sc1S(=O)(=O)NC(CC(C)C)CN(C)C. The zero-order valence-corrected chi connectivity index (χ0v) is 14.2. The molecule has 1 aromatic heterocycles. The third-order valence-corrected chi connectivity index (χ3v) is 5.81. The second kappa shape index (κ2) is 6.84. The van der Waals surface area contributed by atoms with Crippen molar-refractivity contribution >= 4 is 21.4 Å². The fraction of sp³-hybridized carbons (Fsp3) is 0.750. The van der Waals surface area contributed by atoms with Crippen molar-refractivity contribution in [3.05, 3.63) is 15.4 Å². The number of nitrogens with zero attached hydrogens (tertiary/aromatic N) is 1. The Kier molecular flexibility index (Phi) is 5.93. The average molecular weight is 321 g/mol. The number of aromatic amines is 1. The van der Waals surface area contributed by atoms with Gasteiger partial charge in [0.1, 0.15) is 0 Å². The Balaban J connectivity index is 2.96. The smallest absolute Gasteiger partial charge is 0.305 e. The summed E-state index contributed by atoms with van der Waals surface area (Å²) >= 11 is 0.726. The quantitative estimate of drug-likeness (QED) is 0.785. The first-order valence-electron chi connectivity index (χ1n) is 6.48. The van der Waals surface area contributed by atoms with Crippen molar-refractivity contribution in [3.8, 4) is 0 Å². The van der Waals surface area contributed by atoms with Crippen LogP contribution >= 0.6 is 11.3 Å². The van der Waals surface area contributed by atoms with E-state index in [4.69, 9.17) is 0 Å². The molecule has 0 radical (unpaired) electrons. The van der Waals surface area contributed by atoms with Gasteiger partial charge in [0, 0.05) is 18.3 Å². The lowest BCUT2D eigenvalue weighted by atomic mass is 10.0. The fourth-order valence-electron chi connectivity index (χ4n) is 2.09. The van der Waals surface area contributed by atoms with Crippen LogP contribution in [-0.2, 0) is 10.0 Å². The molecule has 0 saturated carbocycles. The lowest BCUT2D eigenvalue weighted by Crippen LogP contribution is -2.42. The summed E-state index contributed by atoms with van der Waals surface area (Å²) < 4.78 is 27.5. The predicted molar refractivity (Wildman–Crippen MR) is 81.8 cm³/mol. The lowest BCUT2D eigenvalue weighted by Gasteiger charge is -2.23. The topological polar surface area (TPSA) is 82.3 Å². The van der Waals surface area contributed by atoms with Gasteiger partial charge in [0.2, 0.25) is 0 Å². The molecule has 0 saturated heterocycles. The molecule has 0 amide bonds. The van der Waals surface area contributed by atoms with Crippen LogP contribution in [0.5, 0.6) is 0 Å². The number of aryl methyl sites for hydroxylation is 1. The maximum Gasteiger partial charge on any atom is 0.305 e. The molecule has 1 aromatic rings. The Morgan fingerprint density at radius 1 is 1.35 bits per heavy atom. The molecule has 0 bridgehead atoms. The van der Waals surface area contributed by atoms with Crippen molar-refractivity contribution in [2.24, 2.45) is 5.92 Å². The van der Waals surface area contributed by atoms with Crippen LogP contribution in [0, 0.1) is 12.8 Å². The molecule has 1 heterocycles. The molecule has 0 aliphatic heterocycles. The largest absolute Gasteiger partial charge is 0.315 e. The second-order valence-electron chi connectivity index (χ2n) is 5.64. The van der Waals surface area contributed by atoms with E-state index in [1.54, 1.807) is 6.92 Å². The van der Waals surface area contributed by atoms with Crippen LogP contribution < -0.4 is 9.60 Å². The van der Waals surface area contributed by atoms with Crippen molar-refractivity contribution in [2.75, 3.05) is 20.6 Å². The van der Waals surface area contributed by atoms with Crippen molar-refractivity contribution in [3.63, 3.8) is 0 Å². The first-order chi connectivity index (χ1) is 9.11. The van der Waals surface area contributed by atoms with Gasteiger partial charge in [-0.3, -0.25) is 4.79 Å². The first-order valence-corrected chi connectivity index (χ1v) is 8.78. The summed E-state index contributed by atoms with van der Waals surface area (Å²) in [7, 11) is 0.159. The number of sulfonamides is 1. The van der Waals surface area contributed by atoms with Gasteiger partial charge in [-0.1, -0.05) is 25.2 Å². The molecule has 6 nitrogen and oxygen atoms in total. The summed E-state index contributed by atoms with van der Waals surface area (Å²) in [4.78, 5) is 15.4. The number of hydrogen-bond donors (Lipinski definition) is 2. The highest BCUT2D eigenvalue weighted by Gasteiger charge is 2.25. The average Bonchev–Trinajstić information content (AvgIpc) is 2.55. The first kappa shape index (κ1) is 17.4. The molecule has 1 rings (SSSR count). The minimum absolute atomic E-state index is 0.0787. The molecule has 2 N–H and O–H groups in total. The van der Waals surface area contributed by atoms with E-state index >= 15 is 0 Å². The highest BCUT2D eigenvalue weighted by molar-refractivity contribution is 7.91. The maximum atomic E-state index is 12.4. The molecule has 1 atom stereocenters. The number of aromatic nitrogens is 1. The number of H-pyrrole nitrogens is 1. The van der Waals surface area contributed by atoms with E-state index in [-0.39, 0.29) is 15.1 Å². The van der Waals surface area contributed by atoms with Crippen molar-refractivity contribution in [1.29, 1.82) is 0 Å². The third kappa shape index (κ3) is 5.01. The molecule has 0 aliphatic carbocycles. The van der Waals surface area contributed by atoms with E-state index in [9.17, 15) is 13.2 Å². The van der Waals surface area contributed by atoms with Crippen LogP contribution in [0.15, 0.2) is 9.00 Å². The molecule has 8 heteroatoms. The minimum atomic E-state index is -3.65. The third-order valence-electron chi connectivity index (χ3n) is 2.69. The van der Waals surface area contributed by atoms with Crippen LogP contribution in [-0.4, -0.2) is 45.0 Å². The van der Waals surface area contributed by atoms with Gasteiger partial charge in [0.25, 0.3) is 10.0 Å². The molecular formula is C12H23N3O3S2. The van der Waals surface area contributed by atoms with Gasteiger partial charge >= 0.3 is 4.87 Å². The molecule has 1 unspecified atom stereocenters. The van der Waals surface area contributed by atoms with Crippen LogP contribution in [0.2, 0.25) is 0 Å². The van der Waals surface area contributed by atoms with Crippen LogP contribution in [0.1, 0.15) is 26.0 Å². The maximum absolute atomic E-state index is 12.4. The Labute approximate surface area is 124 Å². The number of rotatable bonds is 7. The molecule has 0 fully saturated rings. The monoisotopic (exact) mass is 321 g/mol. The zero-order chi connectivity index (χ0) is 15.5. The predicted octanol–water partition coefficient (Wildman–Crippen LogP) is 0.999. The number of nitrogens with one attached hydrogen (secondary N) is 2. The summed E-state index contributed by atoms with van der Waals surface area (Å²) in [6.45, 7) is 6.32. The Morgan fingerprint density at radius 2 is 1.95 bits per heavy atom. The summed E-state index contributed by atoms with van der Waals surface area (Å²) in [5, 5.41) is 0. The van der Waals surface area contributed by atoms with Crippen LogP contribution in [0.3, 0.4) is 0 Å². The van der Waals surface area contributed by atoms with Crippen molar-refractivity contribution in [1.82, 2.24) is 14.6 Å². The van der Waals surface area contributed by atoms with Gasteiger partial charge in [-0.25, -0.2) is 13.1 Å². The summed E-state index contributed by atoms with van der Waals surface area (Å²) in [5.74, 6) is 0.383. The normalized spacial score (nSPS) is 14.2. The van der Waals surface area contributed by atoms with Crippen molar-refractivity contribution in [2.45, 2.75) is 37.4 Å². The van der Waals surface area contributed by atoms with E-state index in [2.05, 4.69) is 23.6 Å².